The Morgan fingerprint density at radius 3 is 2.43 bits per heavy atom. The van der Waals surface area contributed by atoms with Gasteiger partial charge in [0.25, 0.3) is 5.91 Å². The Labute approximate surface area is 142 Å². The first-order valence-corrected chi connectivity index (χ1v) is 8.37. The van der Waals surface area contributed by atoms with Crippen LogP contribution in [0.25, 0.3) is 0 Å². The number of benzene rings is 2. The summed E-state index contributed by atoms with van der Waals surface area (Å²) in [5, 5.41) is 9.35. The summed E-state index contributed by atoms with van der Waals surface area (Å²) < 4.78 is 14.6. The van der Waals surface area contributed by atoms with E-state index in [9.17, 15) is 14.3 Å². The number of amides is 1. The van der Waals surface area contributed by atoms with Crippen molar-refractivity contribution < 1.29 is 14.3 Å². The third kappa shape index (κ3) is 3.55. The van der Waals surface area contributed by atoms with Crippen molar-refractivity contribution in [1.82, 2.24) is 4.90 Å². The van der Waals surface area contributed by atoms with E-state index in [1.54, 1.807) is 23.1 Å². The molecule has 0 atom stereocenters. The molecule has 1 saturated heterocycles. The Morgan fingerprint density at radius 1 is 1.13 bits per heavy atom. The number of halogens is 2. The van der Waals surface area contributed by atoms with Crippen molar-refractivity contribution in [2.45, 2.75) is 18.8 Å². The van der Waals surface area contributed by atoms with Crippen molar-refractivity contribution >= 4 is 21.8 Å². The SMILES string of the molecule is O=C(c1cc(Br)ccc1F)N1CCC(c2ccc(O)cc2)CC1. The number of carbonyl (C=O) groups excluding carboxylic acids is 1. The molecule has 0 unspecified atom stereocenters. The van der Waals surface area contributed by atoms with Gasteiger partial charge >= 0.3 is 0 Å². The number of phenolic OH excluding ortho intramolecular Hbond substituents is 1. The van der Waals surface area contributed by atoms with Crippen LogP contribution in [-0.2, 0) is 0 Å². The first-order chi connectivity index (χ1) is 11.0. The lowest BCUT2D eigenvalue weighted by Crippen LogP contribution is -2.38. The highest BCUT2D eigenvalue weighted by Crippen LogP contribution is 2.30. The van der Waals surface area contributed by atoms with Gasteiger partial charge in [-0.2, -0.15) is 0 Å². The molecule has 3 nitrogen and oxygen atoms in total. The molecular formula is C18H17BrFNO2. The Balaban J connectivity index is 1.67. The molecule has 5 heteroatoms. The van der Waals surface area contributed by atoms with E-state index in [0.717, 1.165) is 12.8 Å². The van der Waals surface area contributed by atoms with Crippen molar-refractivity contribution in [2.24, 2.45) is 0 Å². The molecule has 1 amide bonds. The number of nitrogens with zero attached hydrogens (tertiary/aromatic N) is 1. The number of rotatable bonds is 2. The second-order valence-corrected chi connectivity index (χ2v) is 6.70. The van der Waals surface area contributed by atoms with Crippen LogP contribution in [0.1, 0.15) is 34.7 Å². The molecular weight excluding hydrogens is 361 g/mol. The van der Waals surface area contributed by atoms with E-state index in [1.807, 2.05) is 12.1 Å². The minimum Gasteiger partial charge on any atom is -0.508 e. The fraction of sp³-hybridized carbons (Fsp3) is 0.278. The number of carbonyl (C=O) groups is 1. The molecule has 1 heterocycles. The molecule has 2 aromatic rings. The van der Waals surface area contributed by atoms with Gasteiger partial charge in [-0.15, -0.1) is 0 Å². The van der Waals surface area contributed by atoms with E-state index in [0.29, 0.717) is 23.5 Å². The van der Waals surface area contributed by atoms with E-state index in [1.165, 1.54) is 17.7 Å². The minimum atomic E-state index is -0.487. The van der Waals surface area contributed by atoms with Crippen LogP contribution < -0.4 is 0 Å². The molecule has 2 aromatic carbocycles. The second kappa shape index (κ2) is 6.71. The molecule has 3 rings (SSSR count). The zero-order chi connectivity index (χ0) is 16.4. The van der Waals surface area contributed by atoms with E-state index in [4.69, 9.17) is 0 Å². The summed E-state index contributed by atoms with van der Waals surface area (Å²) >= 11 is 3.28. The zero-order valence-corrected chi connectivity index (χ0v) is 14.1. The normalized spacial score (nSPS) is 15.7. The predicted octanol–water partition coefficient (Wildman–Crippen LogP) is 4.31. The van der Waals surface area contributed by atoms with Crippen LogP contribution in [0.2, 0.25) is 0 Å². The van der Waals surface area contributed by atoms with Crippen LogP contribution in [0.5, 0.6) is 5.75 Å². The van der Waals surface area contributed by atoms with E-state index in [-0.39, 0.29) is 17.2 Å². The monoisotopic (exact) mass is 377 g/mol. The van der Waals surface area contributed by atoms with Crippen LogP contribution in [-0.4, -0.2) is 29.0 Å². The first-order valence-electron chi connectivity index (χ1n) is 7.58. The summed E-state index contributed by atoms with van der Waals surface area (Å²) in [6.45, 7) is 1.21. The highest BCUT2D eigenvalue weighted by molar-refractivity contribution is 9.10. The third-order valence-corrected chi connectivity index (χ3v) is 4.80. The summed E-state index contributed by atoms with van der Waals surface area (Å²) in [4.78, 5) is 14.2. The van der Waals surface area contributed by atoms with Gasteiger partial charge in [-0.1, -0.05) is 28.1 Å². The summed E-state index contributed by atoms with van der Waals surface area (Å²) in [6, 6.07) is 11.6. The third-order valence-electron chi connectivity index (χ3n) is 4.31. The highest BCUT2D eigenvalue weighted by Gasteiger charge is 2.26. The molecule has 0 spiro atoms. The summed E-state index contributed by atoms with van der Waals surface area (Å²) in [7, 11) is 0. The van der Waals surface area contributed by atoms with E-state index in [2.05, 4.69) is 15.9 Å². The lowest BCUT2D eigenvalue weighted by molar-refractivity contribution is 0.0708. The Kier molecular flexibility index (Phi) is 4.66. The maximum atomic E-state index is 13.9. The molecule has 0 saturated carbocycles. The topological polar surface area (TPSA) is 40.5 Å². The van der Waals surface area contributed by atoms with Crippen LogP contribution in [0.4, 0.5) is 4.39 Å². The van der Waals surface area contributed by atoms with Crippen molar-refractivity contribution in [3.8, 4) is 5.75 Å². The molecule has 1 N–H and O–H groups in total. The average molecular weight is 378 g/mol. The summed E-state index contributed by atoms with van der Waals surface area (Å²) in [6.07, 6.45) is 1.68. The minimum absolute atomic E-state index is 0.113. The predicted molar refractivity (Wildman–Crippen MR) is 90.1 cm³/mol. The van der Waals surface area contributed by atoms with Crippen LogP contribution in [0.15, 0.2) is 46.9 Å². The lowest BCUT2D eigenvalue weighted by Gasteiger charge is -2.32. The molecule has 23 heavy (non-hydrogen) atoms. The van der Waals surface area contributed by atoms with Gasteiger partial charge in [0.2, 0.25) is 0 Å². The number of aromatic hydroxyl groups is 1. The highest BCUT2D eigenvalue weighted by atomic mass is 79.9. The van der Waals surface area contributed by atoms with Crippen molar-refractivity contribution in [3.05, 3.63) is 63.9 Å². The molecule has 1 aliphatic rings. The van der Waals surface area contributed by atoms with Gasteiger partial charge in [-0.05, 0) is 54.7 Å². The van der Waals surface area contributed by atoms with Gasteiger partial charge in [0.05, 0.1) is 5.56 Å². The maximum absolute atomic E-state index is 13.9. The van der Waals surface area contributed by atoms with E-state index < -0.39 is 5.82 Å². The Morgan fingerprint density at radius 2 is 1.78 bits per heavy atom. The summed E-state index contributed by atoms with van der Waals surface area (Å²) in [5.74, 6) is -0.120. The van der Waals surface area contributed by atoms with Gasteiger partial charge in [0.15, 0.2) is 0 Å². The maximum Gasteiger partial charge on any atom is 0.256 e. The average Bonchev–Trinajstić information content (AvgIpc) is 2.57. The Hall–Kier alpha value is -1.88. The lowest BCUT2D eigenvalue weighted by atomic mass is 9.89. The molecule has 1 aliphatic heterocycles. The molecule has 0 bridgehead atoms. The fourth-order valence-electron chi connectivity index (χ4n) is 2.99. The van der Waals surface area contributed by atoms with Gasteiger partial charge < -0.3 is 10.0 Å². The molecule has 0 radical (unpaired) electrons. The molecule has 0 aromatic heterocycles. The van der Waals surface area contributed by atoms with Gasteiger partial charge in [-0.25, -0.2) is 4.39 Å². The van der Waals surface area contributed by atoms with Gasteiger partial charge in [-0.3, -0.25) is 4.79 Å². The van der Waals surface area contributed by atoms with Crippen LogP contribution in [0, 0.1) is 5.82 Å². The zero-order valence-electron chi connectivity index (χ0n) is 12.5. The Bertz CT molecular complexity index is 709. The quantitative estimate of drug-likeness (QED) is 0.846. The number of likely N-dealkylation sites (tertiary alicyclic amines) is 1. The largest absolute Gasteiger partial charge is 0.508 e. The number of piperidine rings is 1. The van der Waals surface area contributed by atoms with Crippen LogP contribution >= 0.6 is 15.9 Å². The number of hydrogen-bond donors (Lipinski definition) is 1. The van der Waals surface area contributed by atoms with Crippen LogP contribution in [0.3, 0.4) is 0 Å². The second-order valence-electron chi connectivity index (χ2n) is 5.78. The molecule has 120 valence electrons. The standard InChI is InChI=1S/C18H17BrFNO2/c19-14-3-6-17(20)16(11-14)18(23)21-9-7-13(8-10-21)12-1-4-15(22)5-2-12/h1-6,11,13,22H,7-10H2. The van der Waals surface area contributed by atoms with Crippen molar-refractivity contribution in [2.75, 3.05) is 13.1 Å². The van der Waals surface area contributed by atoms with Gasteiger partial charge in [0, 0.05) is 17.6 Å². The number of phenols is 1. The number of hydrogen-bond acceptors (Lipinski definition) is 2. The molecule has 0 aliphatic carbocycles. The smallest absolute Gasteiger partial charge is 0.256 e. The fourth-order valence-corrected chi connectivity index (χ4v) is 3.36. The van der Waals surface area contributed by atoms with Gasteiger partial charge in [0.1, 0.15) is 11.6 Å². The van der Waals surface area contributed by atoms with E-state index >= 15 is 0 Å². The first kappa shape index (κ1) is 16.0. The van der Waals surface area contributed by atoms with Crippen molar-refractivity contribution in [3.63, 3.8) is 0 Å². The summed E-state index contributed by atoms with van der Waals surface area (Å²) in [5.41, 5.74) is 1.28. The van der Waals surface area contributed by atoms with Crippen molar-refractivity contribution in [1.29, 1.82) is 0 Å². The molecule has 1 fully saturated rings.